The van der Waals surface area contributed by atoms with Crippen molar-refractivity contribution in [1.29, 1.82) is 0 Å². The third kappa shape index (κ3) is 2.92. The summed E-state index contributed by atoms with van der Waals surface area (Å²) in [5.41, 5.74) is 1.48. The Morgan fingerprint density at radius 3 is 2.50 bits per heavy atom. The second-order valence-electron chi connectivity index (χ2n) is 2.66. The first-order valence-electron chi connectivity index (χ1n) is 3.47. The maximum absolute atomic E-state index is 10.7. The van der Waals surface area contributed by atoms with E-state index in [1.807, 2.05) is 13.0 Å². The van der Waals surface area contributed by atoms with E-state index in [0.717, 1.165) is 11.8 Å². The second kappa shape index (κ2) is 3.15. The number of hydrogen-bond acceptors (Lipinski definition) is 2. The van der Waals surface area contributed by atoms with E-state index in [1.54, 1.807) is 18.2 Å². The second-order valence-corrected chi connectivity index (χ2v) is 4.31. The Morgan fingerprint density at radius 2 is 2.00 bits per heavy atom. The number of nitrogens with zero attached hydrogens (tertiary/aromatic N) is 1. The zero-order valence-electron chi connectivity index (χ0n) is 6.98. The van der Waals surface area contributed by atoms with E-state index >= 15 is 0 Å². The van der Waals surface area contributed by atoms with E-state index in [-0.39, 0.29) is 0 Å². The molecule has 1 aromatic rings. The van der Waals surface area contributed by atoms with Crippen LogP contribution in [-0.4, -0.2) is 14.7 Å². The zero-order chi connectivity index (χ0) is 9.19. The average molecular weight is 184 g/mol. The standard InChI is InChI=1S/C8H10NO2S/c1-7-4-3-5-8(6-7)9-12(2,10)11/h3-6H,1-2H3. The van der Waals surface area contributed by atoms with Crippen molar-refractivity contribution in [3.8, 4) is 0 Å². The van der Waals surface area contributed by atoms with Crippen molar-refractivity contribution in [2.24, 2.45) is 0 Å². The van der Waals surface area contributed by atoms with Gasteiger partial charge in [0.2, 0.25) is 0 Å². The smallest absolute Gasteiger partial charge is 0.205 e. The van der Waals surface area contributed by atoms with Gasteiger partial charge in [0.05, 0.1) is 11.9 Å². The SMILES string of the molecule is Cc1cccc([N]S(C)(=O)=O)c1. The van der Waals surface area contributed by atoms with Crippen LogP contribution in [0, 0.1) is 6.92 Å². The van der Waals surface area contributed by atoms with Gasteiger partial charge in [0.1, 0.15) is 0 Å². The quantitative estimate of drug-likeness (QED) is 0.693. The summed E-state index contributed by atoms with van der Waals surface area (Å²) in [6.45, 7) is 1.89. The van der Waals surface area contributed by atoms with Gasteiger partial charge in [0.15, 0.2) is 0 Å². The predicted octanol–water partition coefficient (Wildman–Crippen LogP) is 1.19. The van der Waals surface area contributed by atoms with Crippen LogP contribution in [0.3, 0.4) is 0 Å². The summed E-state index contributed by atoms with van der Waals surface area (Å²) in [5.74, 6) is 0. The van der Waals surface area contributed by atoms with Crippen LogP contribution in [0.2, 0.25) is 0 Å². The van der Waals surface area contributed by atoms with Crippen LogP contribution >= 0.6 is 0 Å². The van der Waals surface area contributed by atoms with Gasteiger partial charge in [0.25, 0.3) is 10.0 Å². The predicted molar refractivity (Wildman–Crippen MR) is 47.8 cm³/mol. The first kappa shape index (κ1) is 9.06. The van der Waals surface area contributed by atoms with Gasteiger partial charge in [-0.1, -0.05) is 12.1 Å². The molecule has 0 bridgehead atoms. The maximum atomic E-state index is 10.7. The van der Waals surface area contributed by atoms with Crippen LogP contribution in [0.1, 0.15) is 5.56 Å². The van der Waals surface area contributed by atoms with Crippen LogP contribution in [0.4, 0.5) is 5.69 Å². The topological polar surface area (TPSA) is 48.2 Å². The Balaban J connectivity index is 2.91. The van der Waals surface area contributed by atoms with Crippen LogP contribution in [0.15, 0.2) is 24.3 Å². The molecule has 0 aliphatic carbocycles. The first-order valence-corrected chi connectivity index (χ1v) is 5.32. The molecule has 0 heterocycles. The lowest BCUT2D eigenvalue weighted by atomic mass is 10.2. The zero-order valence-corrected chi connectivity index (χ0v) is 7.80. The molecule has 12 heavy (non-hydrogen) atoms. The molecule has 0 atom stereocenters. The first-order chi connectivity index (χ1) is 5.47. The molecule has 0 aliphatic heterocycles. The highest BCUT2D eigenvalue weighted by Crippen LogP contribution is 2.10. The fourth-order valence-corrected chi connectivity index (χ4v) is 1.37. The molecule has 0 spiro atoms. The Hall–Kier alpha value is -1.03. The molecule has 3 nitrogen and oxygen atoms in total. The van der Waals surface area contributed by atoms with E-state index in [9.17, 15) is 8.42 Å². The molecule has 0 unspecified atom stereocenters. The number of aryl methyl sites for hydroxylation is 1. The maximum Gasteiger partial charge on any atom is 0.250 e. The molecule has 0 saturated heterocycles. The molecule has 0 fully saturated rings. The van der Waals surface area contributed by atoms with Gasteiger partial charge in [-0.05, 0) is 24.6 Å². The van der Waals surface area contributed by atoms with Crippen molar-refractivity contribution in [1.82, 2.24) is 4.72 Å². The van der Waals surface area contributed by atoms with Gasteiger partial charge in [-0.3, -0.25) is 0 Å². The summed E-state index contributed by atoms with van der Waals surface area (Å²) >= 11 is 0. The summed E-state index contributed by atoms with van der Waals surface area (Å²) in [7, 11) is -3.27. The molecule has 65 valence electrons. The highest BCUT2D eigenvalue weighted by atomic mass is 32.2. The van der Waals surface area contributed by atoms with Crippen LogP contribution in [0.25, 0.3) is 0 Å². The molecule has 0 saturated carbocycles. The van der Waals surface area contributed by atoms with Gasteiger partial charge in [0, 0.05) is 0 Å². The van der Waals surface area contributed by atoms with Crippen molar-refractivity contribution >= 4 is 15.7 Å². The highest BCUT2D eigenvalue weighted by molar-refractivity contribution is 7.88. The third-order valence-electron chi connectivity index (χ3n) is 1.27. The minimum absolute atomic E-state index is 0.484. The molecular weight excluding hydrogens is 174 g/mol. The normalized spacial score (nSPS) is 11.2. The lowest BCUT2D eigenvalue weighted by Crippen LogP contribution is -2.08. The molecule has 0 amide bonds. The molecule has 1 rings (SSSR count). The van der Waals surface area contributed by atoms with E-state index in [0.29, 0.717) is 5.69 Å². The third-order valence-corrected chi connectivity index (χ3v) is 1.82. The molecule has 1 aromatic carbocycles. The monoisotopic (exact) mass is 184 g/mol. The Labute approximate surface area is 72.5 Å². The summed E-state index contributed by atoms with van der Waals surface area (Å²) in [4.78, 5) is 0. The highest BCUT2D eigenvalue weighted by Gasteiger charge is 2.03. The molecule has 0 aliphatic rings. The minimum atomic E-state index is -3.27. The van der Waals surface area contributed by atoms with Crippen LogP contribution in [-0.2, 0) is 10.0 Å². The molecule has 0 N–H and O–H groups in total. The number of sulfonamides is 1. The van der Waals surface area contributed by atoms with Crippen molar-refractivity contribution in [3.63, 3.8) is 0 Å². The molecule has 4 heteroatoms. The Bertz CT molecular complexity index is 370. The summed E-state index contributed by atoms with van der Waals surface area (Å²) in [5, 5.41) is 0. The van der Waals surface area contributed by atoms with Crippen LogP contribution < -0.4 is 4.72 Å². The molecule has 0 aromatic heterocycles. The average Bonchev–Trinajstić information content (AvgIpc) is 1.82. The van der Waals surface area contributed by atoms with E-state index in [2.05, 4.69) is 4.72 Å². The number of rotatable bonds is 2. The summed E-state index contributed by atoms with van der Waals surface area (Å²) in [6.07, 6.45) is 1.08. The van der Waals surface area contributed by atoms with Gasteiger partial charge >= 0.3 is 0 Å². The van der Waals surface area contributed by atoms with Gasteiger partial charge < -0.3 is 0 Å². The number of hydrogen-bond donors (Lipinski definition) is 0. The van der Waals surface area contributed by atoms with Gasteiger partial charge in [-0.15, -0.1) is 0 Å². The molecular formula is C8H10NO2S. The van der Waals surface area contributed by atoms with Gasteiger partial charge in [-0.25, -0.2) is 8.42 Å². The van der Waals surface area contributed by atoms with Gasteiger partial charge in [-0.2, -0.15) is 4.72 Å². The minimum Gasteiger partial charge on any atom is -0.205 e. The van der Waals surface area contributed by atoms with E-state index in [4.69, 9.17) is 0 Å². The fourth-order valence-electron chi connectivity index (χ4n) is 0.876. The fraction of sp³-hybridized carbons (Fsp3) is 0.250. The van der Waals surface area contributed by atoms with Crippen molar-refractivity contribution in [2.75, 3.05) is 6.26 Å². The lowest BCUT2D eigenvalue weighted by Gasteiger charge is -1.99. The van der Waals surface area contributed by atoms with Crippen LogP contribution in [0.5, 0.6) is 0 Å². The lowest BCUT2D eigenvalue weighted by molar-refractivity contribution is 0.596. The Kier molecular flexibility index (Phi) is 2.38. The Morgan fingerprint density at radius 1 is 1.33 bits per heavy atom. The summed E-state index contributed by atoms with van der Waals surface area (Å²) in [6, 6.07) is 7.05. The van der Waals surface area contributed by atoms with Crippen molar-refractivity contribution < 1.29 is 8.42 Å². The van der Waals surface area contributed by atoms with E-state index < -0.39 is 10.0 Å². The van der Waals surface area contributed by atoms with Crippen molar-refractivity contribution in [2.45, 2.75) is 6.92 Å². The molecule has 1 radical (unpaired) electrons. The largest absolute Gasteiger partial charge is 0.250 e. The summed E-state index contributed by atoms with van der Waals surface area (Å²) < 4.78 is 25.0. The number of benzene rings is 1. The van der Waals surface area contributed by atoms with Crippen molar-refractivity contribution in [3.05, 3.63) is 29.8 Å². The van der Waals surface area contributed by atoms with E-state index in [1.165, 1.54) is 0 Å².